The first-order valence-corrected chi connectivity index (χ1v) is 8.15. The highest BCUT2D eigenvalue weighted by Gasteiger charge is 2.45. The molecule has 2 nitrogen and oxygen atoms in total. The van der Waals surface area contributed by atoms with Crippen LogP contribution in [0.15, 0.2) is 0 Å². The number of hydrogen-bond donors (Lipinski definition) is 0. The normalized spacial score (nSPS) is 17.8. The van der Waals surface area contributed by atoms with Crippen LogP contribution in [0.1, 0.15) is 41.0 Å². The van der Waals surface area contributed by atoms with Gasteiger partial charge in [0.05, 0.1) is 0 Å². The van der Waals surface area contributed by atoms with E-state index in [1.807, 2.05) is 0 Å². The van der Waals surface area contributed by atoms with Gasteiger partial charge in [-0.3, -0.25) is 0 Å². The maximum atomic E-state index is 5.99. The van der Waals surface area contributed by atoms with Crippen molar-refractivity contribution < 1.29 is 8.54 Å². The first-order valence-electron chi connectivity index (χ1n) is 5.02. The third kappa shape index (κ3) is 3.20. The van der Waals surface area contributed by atoms with Gasteiger partial charge in [-0.1, -0.05) is 20.8 Å². The zero-order chi connectivity index (χ0) is 10.7. The van der Waals surface area contributed by atoms with Gasteiger partial charge in [-0.15, -0.1) is 0 Å². The van der Waals surface area contributed by atoms with Gasteiger partial charge < -0.3 is 8.54 Å². The van der Waals surface area contributed by atoms with Gasteiger partial charge in [0.15, 0.2) is 0 Å². The summed E-state index contributed by atoms with van der Waals surface area (Å²) in [7, 11) is -1.18. The van der Waals surface area contributed by atoms with E-state index in [2.05, 4.69) is 41.2 Å². The Morgan fingerprint density at radius 1 is 1.38 bits per heavy atom. The Hall–Kier alpha value is 0.354. The van der Waals surface area contributed by atoms with Crippen LogP contribution in [0.25, 0.3) is 0 Å². The summed E-state index contributed by atoms with van der Waals surface area (Å²) in [5.74, 6) is 0. The molecule has 0 amide bonds. The van der Waals surface area contributed by atoms with Crippen LogP contribution in [-0.4, -0.2) is 25.2 Å². The molecule has 0 N–H and O–H groups in total. The Labute approximate surface area is 86.8 Å². The van der Waals surface area contributed by atoms with Gasteiger partial charge in [-0.25, -0.2) is 0 Å². The molecule has 0 aliphatic carbocycles. The molecule has 1 unspecified atom stereocenters. The van der Waals surface area contributed by atoms with Crippen molar-refractivity contribution in [2.24, 2.45) is 0 Å². The second-order valence-corrected chi connectivity index (χ2v) is 9.67. The largest absolute Gasteiger partial charge is 0.444 e. The van der Waals surface area contributed by atoms with Crippen LogP contribution in [-0.2, 0) is 8.54 Å². The van der Waals surface area contributed by atoms with E-state index in [-0.39, 0.29) is 11.1 Å². The first kappa shape index (κ1) is 13.4. The number of hydrogen-bond acceptors (Lipinski definition) is 2. The molecule has 0 aliphatic heterocycles. The van der Waals surface area contributed by atoms with Crippen LogP contribution >= 0.6 is 0 Å². The molecule has 0 spiro atoms. The molecule has 80 valence electrons. The van der Waals surface area contributed by atoms with Crippen LogP contribution in [0.2, 0.25) is 11.6 Å². The van der Waals surface area contributed by atoms with Gasteiger partial charge in [0.2, 0.25) is 0 Å². The third-order valence-electron chi connectivity index (χ3n) is 2.96. The van der Waals surface area contributed by atoms with E-state index < -0.39 is 8.56 Å². The maximum absolute atomic E-state index is 5.99. The Balaban J connectivity index is 4.61. The molecule has 0 heterocycles. The summed E-state index contributed by atoms with van der Waals surface area (Å²) in [6, 6.07) is 0. The SMILES string of the molecule is CCC(C)(C)[Si](C)(O[SiH3])OC(C)C. The Morgan fingerprint density at radius 2 is 1.85 bits per heavy atom. The molecule has 0 bridgehead atoms. The molecule has 1 atom stereocenters. The molecular formula is C9H24O2Si2. The summed E-state index contributed by atoms with van der Waals surface area (Å²) in [5.41, 5.74) is 0. The summed E-state index contributed by atoms with van der Waals surface area (Å²) >= 11 is 0. The minimum atomic E-state index is -1.95. The fourth-order valence-electron chi connectivity index (χ4n) is 1.25. The number of rotatable bonds is 5. The minimum absolute atomic E-state index is 0.207. The van der Waals surface area contributed by atoms with Crippen LogP contribution in [0, 0.1) is 0 Å². The van der Waals surface area contributed by atoms with Crippen molar-refractivity contribution in [3.63, 3.8) is 0 Å². The first-order chi connectivity index (χ1) is 5.79. The summed E-state index contributed by atoms with van der Waals surface area (Å²) in [6.07, 6.45) is 1.39. The minimum Gasteiger partial charge on any atom is -0.444 e. The second kappa shape index (κ2) is 4.73. The molecule has 0 saturated carbocycles. The van der Waals surface area contributed by atoms with Gasteiger partial charge in [-0.2, -0.15) is 0 Å². The van der Waals surface area contributed by atoms with Crippen LogP contribution in [0.5, 0.6) is 0 Å². The van der Waals surface area contributed by atoms with Crippen LogP contribution in [0.3, 0.4) is 0 Å². The van der Waals surface area contributed by atoms with E-state index in [1.54, 1.807) is 0 Å². The molecule has 0 rings (SSSR count). The summed E-state index contributed by atoms with van der Waals surface area (Å²) in [5, 5.41) is 0.207. The lowest BCUT2D eigenvalue weighted by molar-refractivity contribution is 0.166. The molecule has 0 aliphatic rings. The van der Waals surface area contributed by atoms with Crippen molar-refractivity contribution in [1.29, 1.82) is 0 Å². The lowest BCUT2D eigenvalue weighted by Gasteiger charge is -2.40. The van der Waals surface area contributed by atoms with Gasteiger partial charge >= 0.3 is 8.56 Å². The molecule has 0 radical (unpaired) electrons. The van der Waals surface area contributed by atoms with Crippen molar-refractivity contribution in [3.8, 4) is 0 Å². The van der Waals surface area contributed by atoms with Crippen LogP contribution in [0.4, 0.5) is 0 Å². The van der Waals surface area contributed by atoms with Crippen LogP contribution < -0.4 is 0 Å². The molecular weight excluding hydrogens is 196 g/mol. The molecule has 0 aromatic heterocycles. The molecule has 0 saturated heterocycles. The van der Waals surface area contributed by atoms with Gasteiger partial charge in [-0.05, 0) is 26.8 Å². The topological polar surface area (TPSA) is 18.5 Å². The highest BCUT2D eigenvalue weighted by Crippen LogP contribution is 2.41. The van der Waals surface area contributed by atoms with E-state index >= 15 is 0 Å². The monoisotopic (exact) mass is 220 g/mol. The van der Waals surface area contributed by atoms with E-state index in [0.717, 1.165) is 16.9 Å². The predicted molar refractivity (Wildman–Crippen MR) is 63.2 cm³/mol. The Morgan fingerprint density at radius 3 is 2.08 bits per heavy atom. The van der Waals surface area contributed by atoms with Gasteiger partial charge in [0, 0.05) is 11.1 Å². The second-order valence-electron chi connectivity index (χ2n) is 4.55. The average molecular weight is 220 g/mol. The van der Waals surface area contributed by atoms with Crippen molar-refractivity contribution in [2.75, 3.05) is 0 Å². The zero-order valence-electron chi connectivity index (χ0n) is 10.1. The average Bonchev–Trinajstić information content (AvgIpc) is 2.02. The maximum Gasteiger partial charge on any atom is 0.330 e. The standard InChI is InChI=1S/C9H24O2Si2/c1-7-9(4,5)13(6,11-12)10-8(2)3/h8H,7H2,1-6,12H3. The van der Waals surface area contributed by atoms with E-state index in [4.69, 9.17) is 8.54 Å². The molecule has 13 heavy (non-hydrogen) atoms. The van der Waals surface area contributed by atoms with Gasteiger partial charge in [0.1, 0.15) is 10.5 Å². The fraction of sp³-hybridized carbons (Fsp3) is 1.00. The highest BCUT2D eigenvalue weighted by molar-refractivity contribution is 6.71. The Kier molecular flexibility index (Phi) is 4.86. The molecule has 4 heteroatoms. The van der Waals surface area contributed by atoms with E-state index in [0.29, 0.717) is 0 Å². The summed E-state index contributed by atoms with van der Waals surface area (Å²) < 4.78 is 11.8. The molecule has 0 fully saturated rings. The van der Waals surface area contributed by atoms with Crippen molar-refractivity contribution in [1.82, 2.24) is 0 Å². The lowest BCUT2D eigenvalue weighted by Crippen LogP contribution is -2.49. The van der Waals surface area contributed by atoms with Crippen molar-refractivity contribution in [2.45, 2.75) is 58.7 Å². The van der Waals surface area contributed by atoms with Gasteiger partial charge in [0.25, 0.3) is 0 Å². The van der Waals surface area contributed by atoms with E-state index in [9.17, 15) is 0 Å². The molecule has 0 aromatic rings. The third-order valence-corrected chi connectivity index (χ3v) is 9.81. The smallest absolute Gasteiger partial charge is 0.330 e. The predicted octanol–water partition coefficient (Wildman–Crippen LogP) is 1.97. The summed E-state index contributed by atoms with van der Waals surface area (Å²) in [4.78, 5) is 0. The van der Waals surface area contributed by atoms with Crippen molar-refractivity contribution >= 4 is 19.0 Å². The fourth-order valence-corrected chi connectivity index (χ4v) is 5.71. The highest BCUT2D eigenvalue weighted by atomic mass is 28.4. The lowest BCUT2D eigenvalue weighted by atomic mass is 10.1. The Bertz CT molecular complexity index is 160. The molecule has 0 aromatic carbocycles. The zero-order valence-corrected chi connectivity index (χ0v) is 13.1. The van der Waals surface area contributed by atoms with Crippen molar-refractivity contribution in [3.05, 3.63) is 0 Å². The van der Waals surface area contributed by atoms with E-state index in [1.165, 1.54) is 0 Å². The summed E-state index contributed by atoms with van der Waals surface area (Å²) in [6.45, 7) is 13.0. The quantitative estimate of drug-likeness (QED) is 0.660.